The number of amides is 3. The summed E-state index contributed by atoms with van der Waals surface area (Å²) in [6, 6.07) is 6.52. The second kappa shape index (κ2) is 10.3. The number of para-hydroxylation sites is 1. The molecule has 0 spiro atoms. The summed E-state index contributed by atoms with van der Waals surface area (Å²) in [5, 5.41) is 15.4. The zero-order valence-electron chi connectivity index (χ0n) is 22.8. The molecule has 4 rings (SSSR count). The molecule has 2 heterocycles. The van der Waals surface area contributed by atoms with Gasteiger partial charge in [0.1, 0.15) is 0 Å². The van der Waals surface area contributed by atoms with Gasteiger partial charge in [-0.05, 0) is 25.0 Å². The van der Waals surface area contributed by atoms with Crippen LogP contribution in [0.4, 0.5) is 23.0 Å². The molecule has 0 atom stereocenters. The number of hydrogen-bond donors (Lipinski definition) is 3. The van der Waals surface area contributed by atoms with E-state index in [1.807, 2.05) is 5.32 Å². The number of ether oxygens (including phenoxy) is 1. The Balaban J connectivity index is 1.70. The Morgan fingerprint density at radius 3 is 2.58 bits per heavy atom. The highest BCUT2D eigenvalue weighted by atomic mass is 16.5. The summed E-state index contributed by atoms with van der Waals surface area (Å²) in [7, 11) is 3.03. The lowest BCUT2D eigenvalue weighted by molar-refractivity contribution is -0.117. The fourth-order valence-electron chi connectivity index (χ4n) is 3.35. The fraction of sp³-hybridized carbons (Fsp3) is 0.292. The summed E-state index contributed by atoms with van der Waals surface area (Å²) >= 11 is 0. The molecule has 12 nitrogen and oxygen atoms in total. The maximum Gasteiger partial charge on any atom is 0.273 e. The summed E-state index contributed by atoms with van der Waals surface area (Å²) in [4.78, 5) is 46.7. The first-order valence-electron chi connectivity index (χ1n) is 12.5. The van der Waals surface area contributed by atoms with E-state index in [2.05, 4.69) is 30.8 Å². The summed E-state index contributed by atoms with van der Waals surface area (Å²) in [6.45, 7) is -1.34. The molecule has 1 fully saturated rings. The minimum atomic E-state index is -2.76. The average Bonchev–Trinajstić information content (AvgIpc) is 3.73. The smallest absolute Gasteiger partial charge is 0.273 e. The maximum absolute atomic E-state index is 12.7. The Labute approximate surface area is 211 Å². The average molecular weight is 494 g/mol. The van der Waals surface area contributed by atoms with Crippen molar-refractivity contribution < 1.29 is 23.2 Å². The van der Waals surface area contributed by atoms with Crippen molar-refractivity contribution in [1.82, 2.24) is 25.5 Å². The number of rotatable bonds is 8. The minimum Gasteiger partial charge on any atom is -0.494 e. The Kier molecular flexibility index (Phi) is 5.95. The second-order valence-electron chi connectivity index (χ2n) is 8.06. The highest BCUT2D eigenvalue weighted by Gasteiger charge is 2.30. The Morgan fingerprint density at radius 1 is 1.14 bits per heavy atom. The molecule has 2 aromatic heterocycles. The predicted molar refractivity (Wildman–Crippen MR) is 133 cm³/mol. The SMILES string of the molecule is [2H]C([2H])([2H])NC(=O)c1nnc(NC(=O)C2CC2)cc1Nc1cccc(-c2cnc(N(C)C(C)=O)cn2)c1OC. The van der Waals surface area contributed by atoms with Crippen molar-refractivity contribution in [3.63, 3.8) is 0 Å². The number of benzene rings is 1. The third-order valence-corrected chi connectivity index (χ3v) is 5.54. The zero-order valence-corrected chi connectivity index (χ0v) is 19.8. The van der Waals surface area contributed by atoms with E-state index in [1.165, 1.54) is 37.4 Å². The van der Waals surface area contributed by atoms with E-state index in [0.29, 0.717) is 28.5 Å². The lowest BCUT2D eigenvalue weighted by Crippen LogP contribution is -2.23. The van der Waals surface area contributed by atoms with Gasteiger partial charge in [0.25, 0.3) is 5.91 Å². The molecule has 0 saturated heterocycles. The van der Waals surface area contributed by atoms with E-state index in [-0.39, 0.29) is 34.9 Å². The van der Waals surface area contributed by atoms with Crippen LogP contribution in [0.1, 0.15) is 34.4 Å². The molecule has 0 bridgehead atoms. The lowest BCUT2D eigenvalue weighted by Gasteiger charge is -2.17. The van der Waals surface area contributed by atoms with Gasteiger partial charge in [-0.1, -0.05) is 6.07 Å². The number of carbonyl (C=O) groups excluding carboxylic acids is 3. The van der Waals surface area contributed by atoms with E-state index >= 15 is 0 Å². The fourth-order valence-corrected chi connectivity index (χ4v) is 3.35. The normalized spacial score (nSPS) is 14.0. The quantitative estimate of drug-likeness (QED) is 0.429. The largest absolute Gasteiger partial charge is 0.494 e. The molecule has 12 heteroatoms. The van der Waals surface area contributed by atoms with Crippen molar-refractivity contribution in [1.29, 1.82) is 0 Å². The van der Waals surface area contributed by atoms with Gasteiger partial charge in [-0.3, -0.25) is 24.3 Å². The van der Waals surface area contributed by atoms with Gasteiger partial charge < -0.3 is 20.7 Å². The number of nitrogens with zero attached hydrogens (tertiary/aromatic N) is 5. The van der Waals surface area contributed by atoms with Gasteiger partial charge in [-0.25, -0.2) is 4.98 Å². The van der Waals surface area contributed by atoms with Crippen LogP contribution in [0.3, 0.4) is 0 Å². The van der Waals surface area contributed by atoms with Gasteiger partial charge in [0.15, 0.2) is 23.1 Å². The molecule has 0 radical (unpaired) electrons. The standard InChI is InChI=1S/C24H26N8O4/c1-13(33)32(3)20-12-26-18(11-27-20)15-6-5-7-16(22(15)36-4)28-17-10-19(29-23(34)14-8-9-14)30-31-21(17)24(35)25-2/h5-7,10-12,14H,8-9H2,1-4H3,(H,25,35)(H2,28,29,30,34)/i2D3. The molecule has 1 aliphatic carbocycles. The number of carbonyl (C=O) groups is 3. The first-order chi connectivity index (χ1) is 18.5. The molecule has 3 N–H and O–H groups in total. The number of hydrogen-bond acceptors (Lipinski definition) is 9. The summed E-state index contributed by atoms with van der Waals surface area (Å²) < 4.78 is 27.7. The highest BCUT2D eigenvalue weighted by Crippen LogP contribution is 2.38. The molecule has 1 aromatic carbocycles. The molecule has 36 heavy (non-hydrogen) atoms. The van der Waals surface area contributed by atoms with Crippen LogP contribution < -0.4 is 25.6 Å². The summed E-state index contributed by atoms with van der Waals surface area (Å²) in [5.41, 5.74) is 1.15. The third kappa shape index (κ3) is 5.22. The Hall–Kier alpha value is -4.61. The molecule has 3 amide bonds. The van der Waals surface area contributed by atoms with E-state index in [9.17, 15) is 14.4 Å². The molecule has 0 aliphatic heterocycles. The lowest BCUT2D eigenvalue weighted by atomic mass is 10.1. The summed E-state index contributed by atoms with van der Waals surface area (Å²) in [6.07, 6.45) is 4.50. The van der Waals surface area contributed by atoms with Crippen molar-refractivity contribution in [3.05, 3.63) is 42.4 Å². The van der Waals surface area contributed by atoms with E-state index in [1.54, 1.807) is 25.2 Å². The van der Waals surface area contributed by atoms with Gasteiger partial charge >= 0.3 is 0 Å². The van der Waals surface area contributed by atoms with E-state index in [4.69, 9.17) is 8.85 Å². The van der Waals surface area contributed by atoms with Crippen LogP contribution in [-0.2, 0) is 9.59 Å². The van der Waals surface area contributed by atoms with Crippen LogP contribution in [0.5, 0.6) is 5.75 Å². The molecule has 186 valence electrons. The van der Waals surface area contributed by atoms with Crippen molar-refractivity contribution in [2.75, 3.05) is 36.7 Å². The van der Waals surface area contributed by atoms with Gasteiger partial charge in [-0.2, -0.15) is 0 Å². The van der Waals surface area contributed by atoms with Crippen LogP contribution in [0, 0.1) is 5.92 Å². The van der Waals surface area contributed by atoms with Gasteiger partial charge in [0.05, 0.1) is 36.6 Å². The Bertz CT molecular complexity index is 1410. The molecular formula is C24H26N8O4. The van der Waals surface area contributed by atoms with Crippen molar-refractivity contribution >= 4 is 40.7 Å². The van der Waals surface area contributed by atoms with Gasteiger partial charge in [0.2, 0.25) is 11.8 Å². The molecule has 1 aliphatic rings. The first kappa shape index (κ1) is 20.7. The number of nitrogens with one attached hydrogen (secondary N) is 3. The minimum absolute atomic E-state index is 0.0813. The molecule has 1 saturated carbocycles. The second-order valence-corrected chi connectivity index (χ2v) is 8.06. The van der Waals surface area contributed by atoms with Crippen LogP contribution in [0.15, 0.2) is 36.7 Å². The first-order valence-corrected chi connectivity index (χ1v) is 11.0. The van der Waals surface area contributed by atoms with Gasteiger partial charge in [-0.15, -0.1) is 10.2 Å². The topological polar surface area (TPSA) is 151 Å². The third-order valence-electron chi connectivity index (χ3n) is 5.54. The monoisotopic (exact) mass is 493 g/mol. The summed E-state index contributed by atoms with van der Waals surface area (Å²) in [5.74, 6) is -0.705. The van der Waals surface area contributed by atoms with E-state index < -0.39 is 12.9 Å². The number of aromatic nitrogens is 4. The zero-order chi connectivity index (χ0) is 28.3. The van der Waals surface area contributed by atoms with Gasteiger partial charge in [0, 0.05) is 42.6 Å². The highest BCUT2D eigenvalue weighted by molar-refractivity contribution is 6.00. The maximum atomic E-state index is 12.7. The van der Waals surface area contributed by atoms with Crippen molar-refractivity contribution in [2.45, 2.75) is 19.8 Å². The Morgan fingerprint density at radius 2 is 1.94 bits per heavy atom. The number of methoxy groups -OCH3 is 1. The predicted octanol–water partition coefficient (Wildman–Crippen LogP) is 2.38. The van der Waals surface area contributed by atoms with E-state index in [0.717, 1.165) is 12.8 Å². The van der Waals surface area contributed by atoms with Crippen molar-refractivity contribution in [2.24, 2.45) is 5.92 Å². The number of anilines is 4. The molecular weight excluding hydrogens is 464 g/mol. The molecule has 0 unspecified atom stereocenters. The van der Waals surface area contributed by atoms with Crippen LogP contribution >= 0.6 is 0 Å². The van der Waals surface area contributed by atoms with Crippen LogP contribution in [-0.4, -0.2) is 59.0 Å². The van der Waals surface area contributed by atoms with Crippen LogP contribution in [0.25, 0.3) is 11.3 Å². The molecule has 3 aromatic rings. The van der Waals surface area contributed by atoms with Crippen LogP contribution in [0.2, 0.25) is 0 Å². The van der Waals surface area contributed by atoms with Crippen molar-refractivity contribution in [3.8, 4) is 17.0 Å².